The Balaban J connectivity index is 2.81. The van der Waals surface area contributed by atoms with Crippen molar-refractivity contribution in [3.63, 3.8) is 0 Å². The number of aliphatic hydroxyl groups excluding tert-OH is 2. The van der Waals surface area contributed by atoms with Crippen LogP contribution >= 0.6 is 0 Å². The molecule has 0 aliphatic rings. The first kappa shape index (κ1) is 12.2. The van der Waals surface area contributed by atoms with Crippen LogP contribution in [0.3, 0.4) is 0 Å². The van der Waals surface area contributed by atoms with Gasteiger partial charge in [0.05, 0.1) is 6.10 Å². The minimum absolute atomic E-state index is 0.0161. The third-order valence-electron chi connectivity index (χ3n) is 2.56. The van der Waals surface area contributed by atoms with Crippen LogP contribution in [0.4, 0.5) is 0 Å². The number of benzene rings is 1. The predicted molar refractivity (Wildman–Crippen MR) is 61.8 cm³/mol. The van der Waals surface area contributed by atoms with Crippen LogP contribution < -0.4 is 0 Å². The molecule has 0 unspecified atom stereocenters. The van der Waals surface area contributed by atoms with Gasteiger partial charge in [-0.3, -0.25) is 0 Å². The number of rotatable bonds is 3. The minimum Gasteiger partial charge on any atom is -0.396 e. The lowest BCUT2D eigenvalue weighted by Gasteiger charge is -2.19. The second-order valence-electron chi connectivity index (χ2n) is 4.90. The van der Waals surface area contributed by atoms with Gasteiger partial charge in [-0.2, -0.15) is 0 Å². The van der Waals surface area contributed by atoms with E-state index < -0.39 is 6.10 Å². The fourth-order valence-electron chi connectivity index (χ4n) is 1.49. The van der Waals surface area contributed by atoms with Crippen molar-refractivity contribution in [2.24, 2.45) is 0 Å². The standard InChI is InChI=1S/C13H20O2/c1-13(2,3)11-6-4-10(5-7-11)12(15)8-9-14/h4-7,12,14-15H,8-9H2,1-3H3/t12-/m1/s1. The van der Waals surface area contributed by atoms with Gasteiger partial charge in [-0.1, -0.05) is 45.0 Å². The summed E-state index contributed by atoms with van der Waals surface area (Å²) in [5.41, 5.74) is 2.26. The average Bonchev–Trinajstić information content (AvgIpc) is 2.17. The number of hydrogen-bond acceptors (Lipinski definition) is 2. The molecule has 2 nitrogen and oxygen atoms in total. The van der Waals surface area contributed by atoms with Gasteiger partial charge in [0, 0.05) is 13.0 Å². The van der Waals surface area contributed by atoms with Crippen LogP contribution in [-0.2, 0) is 5.41 Å². The molecule has 0 aromatic heterocycles. The zero-order chi connectivity index (χ0) is 11.5. The Hall–Kier alpha value is -0.860. The molecule has 0 radical (unpaired) electrons. The zero-order valence-electron chi connectivity index (χ0n) is 9.70. The molecule has 0 fully saturated rings. The Labute approximate surface area is 91.6 Å². The maximum atomic E-state index is 9.65. The molecule has 0 saturated carbocycles. The van der Waals surface area contributed by atoms with Gasteiger partial charge in [0.2, 0.25) is 0 Å². The molecule has 2 heteroatoms. The van der Waals surface area contributed by atoms with Crippen molar-refractivity contribution >= 4 is 0 Å². The van der Waals surface area contributed by atoms with Gasteiger partial charge in [0.15, 0.2) is 0 Å². The SMILES string of the molecule is CC(C)(C)c1ccc([C@H](O)CCO)cc1. The van der Waals surface area contributed by atoms with Crippen LogP contribution in [0.25, 0.3) is 0 Å². The van der Waals surface area contributed by atoms with Gasteiger partial charge in [0.25, 0.3) is 0 Å². The molecule has 2 N–H and O–H groups in total. The van der Waals surface area contributed by atoms with Crippen molar-refractivity contribution in [2.75, 3.05) is 6.61 Å². The number of aliphatic hydroxyl groups is 2. The molecule has 1 atom stereocenters. The molecule has 0 saturated heterocycles. The molecule has 0 aliphatic heterocycles. The highest BCUT2D eigenvalue weighted by molar-refractivity contribution is 5.28. The largest absolute Gasteiger partial charge is 0.396 e. The van der Waals surface area contributed by atoms with Crippen LogP contribution in [0.1, 0.15) is 44.4 Å². The van der Waals surface area contributed by atoms with E-state index in [-0.39, 0.29) is 12.0 Å². The molecule has 0 amide bonds. The van der Waals surface area contributed by atoms with Crippen LogP contribution in [0.5, 0.6) is 0 Å². The van der Waals surface area contributed by atoms with Gasteiger partial charge in [0.1, 0.15) is 0 Å². The molecule has 1 aromatic rings. The molecule has 1 aromatic carbocycles. The van der Waals surface area contributed by atoms with Crippen LogP contribution in [0.2, 0.25) is 0 Å². The first-order valence-electron chi connectivity index (χ1n) is 5.34. The highest BCUT2D eigenvalue weighted by Gasteiger charge is 2.14. The lowest BCUT2D eigenvalue weighted by molar-refractivity contribution is 0.134. The number of hydrogen-bond donors (Lipinski definition) is 2. The summed E-state index contributed by atoms with van der Waals surface area (Å²) in [5, 5.41) is 18.4. The third kappa shape index (κ3) is 3.33. The monoisotopic (exact) mass is 208 g/mol. The summed E-state index contributed by atoms with van der Waals surface area (Å²) in [6, 6.07) is 7.94. The van der Waals surface area contributed by atoms with Crippen molar-refractivity contribution in [3.8, 4) is 0 Å². The summed E-state index contributed by atoms with van der Waals surface area (Å²) in [7, 11) is 0. The Morgan fingerprint density at radius 2 is 1.67 bits per heavy atom. The second kappa shape index (κ2) is 4.77. The smallest absolute Gasteiger partial charge is 0.0811 e. The second-order valence-corrected chi connectivity index (χ2v) is 4.90. The zero-order valence-corrected chi connectivity index (χ0v) is 9.70. The fraction of sp³-hybridized carbons (Fsp3) is 0.538. The fourth-order valence-corrected chi connectivity index (χ4v) is 1.49. The summed E-state index contributed by atoms with van der Waals surface area (Å²) in [6.07, 6.45) is -0.154. The van der Waals surface area contributed by atoms with Crippen molar-refractivity contribution in [1.82, 2.24) is 0 Å². The molecule has 0 spiro atoms. The lowest BCUT2D eigenvalue weighted by atomic mass is 9.86. The van der Waals surface area contributed by atoms with E-state index in [1.54, 1.807) is 0 Å². The van der Waals surface area contributed by atoms with E-state index in [0.717, 1.165) is 5.56 Å². The molecule has 84 valence electrons. The Morgan fingerprint density at radius 3 is 2.07 bits per heavy atom. The molecule has 1 rings (SSSR count). The van der Waals surface area contributed by atoms with E-state index in [2.05, 4.69) is 20.8 Å². The molecule has 0 heterocycles. The van der Waals surface area contributed by atoms with Gasteiger partial charge >= 0.3 is 0 Å². The molecule has 0 bridgehead atoms. The Bertz CT molecular complexity index is 295. The van der Waals surface area contributed by atoms with E-state index in [9.17, 15) is 5.11 Å². The van der Waals surface area contributed by atoms with Crippen LogP contribution in [0, 0.1) is 0 Å². The van der Waals surface area contributed by atoms with E-state index in [4.69, 9.17) is 5.11 Å². The van der Waals surface area contributed by atoms with Gasteiger partial charge in [-0.15, -0.1) is 0 Å². The molecule has 0 aliphatic carbocycles. The summed E-state index contributed by atoms with van der Waals surface area (Å²) in [4.78, 5) is 0. The van der Waals surface area contributed by atoms with E-state index in [0.29, 0.717) is 6.42 Å². The summed E-state index contributed by atoms with van der Waals surface area (Å²) < 4.78 is 0. The molecular formula is C13H20O2. The summed E-state index contributed by atoms with van der Waals surface area (Å²) in [6.45, 7) is 6.49. The first-order chi connectivity index (χ1) is 6.95. The van der Waals surface area contributed by atoms with Gasteiger partial charge < -0.3 is 10.2 Å². The van der Waals surface area contributed by atoms with E-state index in [1.165, 1.54) is 5.56 Å². The predicted octanol–water partition coefficient (Wildman–Crippen LogP) is 2.40. The molecular weight excluding hydrogens is 188 g/mol. The molecule has 15 heavy (non-hydrogen) atoms. The maximum Gasteiger partial charge on any atom is 0.0811 e. The van der Waals surface area contributed by atoms with Crippen molar-refractivity contribution in [3.05, 3.63) is 35.4 Å². The van der Waals surface area contributed by atoms with Crippen molar-refractivity contribution in [1.29, 1.82) is 0 Å². The minimum atomic E-state index is -0.552. The Morgan fingerprint density at radius 1 is 1.13 bits per heavy atom. The van der Waals surface area contributed by atoms with Crippen molar-refractivity contribution < 1.29 is 10.2 Å². The van der Waals surface area contributed by atoms with Crippen molar-refractivity contribution in [2.45, 2.75) is 38.7 Å². The van der Waals surface area contributed by atoms with Gasteiger partial charge in [-0.05, 0) is 16.5 Å². The van der Waals surface area contributed by atoms with Crippen LogP contribution in [-0.4, -0.2) is 16.8 Å². The highest BCUT2D eigenvalue weighted by atomic mass is 16.3. The third-order valence-corrected chi connectivity index (χ3v) is 2.56. The highest BCUT2D eigenvalue weighted by Crippen LogP contribution is 2.24. The average molecular weight is 208 g/mol. The maximum absolute atomic E-state index is 9.65. The summed E-state index contributed by atoms with van der Waals surface area (Å²) in [5.74, 6) is 0. The lowest BCUT2D eigenvalue weighted by Crippen LogP contribution is -2.11. The van der Waals surface area contributed by atoms with Gasteiger partial charge in [-0.25, -0.2) is 0 Å². The Kier molecular flexibility index (Phi) is 3.89. The van der Waals surface area contributed by atoms with E-state index in [1.807, 2.05) is 24.3 Å². The topological polar surface area (TPSA) is 40.5 Å². The first-order valence-corrected chi connectivity index (χ1v) is 5.34. The van der Waals surface area contributed by atoms with E-state index >= 15 is 0 Å². The normalized spacial score (nSPS) is 13.9. The summed E-state index contributed by atoms with van der Waals surface area (Å²) >= 11 is 0. The van der Waals surface area contributed by atoms with Crippen LogP contribution in [0.15, 0.2) is 24.3 Å². The quantitative estimate of drug-likeness (QED) is 0.800.